The lowest BCUT2D eigenvalue weighted by Gasteiger charge is -2.43. The maximum atomic E-state index is 14.4. The molecule has 2 unspecified atom stereocenters. The second-order valence-electron chi connectivity index (χ2n) is 10.9. The summed E-state index contributed by atoms with van der Waals surface area (Å²) in [4.78, 5) is 29.9. The predicted molar refractivity (Wildman–Crippen MR) is 139 cm³/mol. The van der Waals surface area contributed by atoms with Crippen molar-refractivity contribution >= 4 is 17.7 Å². The van der Waals surface area contributed by atoms with Crippen molar-refractivity contribution in [1.82, 2.24) is 20.0 Å². The maximum Gasteiger partial charge on any atom is 0.407 e. The molecule has 3 heterocycles. The molecular formula is C28H38FN5O3. The highest BCUT2D eigenvalue weighted by molar-refractivity contribution is 6.06. The number of benzene rings is 1. The van der Waals surface area contributed by atoms with Gasteiger partial charge in [0.05, 0.1) is 6.61 Å². The van der Waals surface area contributed by atoms with Gasteiger partial charge in [-0.15, -0.1) is 0 Å². The SMILES string of the molecule is CCOC(=O)NC1CCCCC(N2CCC3(CC2)CN(C(=O)c2cc(C)n(C)n2)c2ccc(F)cc23)C1. The van der Waals surface area contributed by atoms with Crippen molar-refractivity contribution in [2.24, 2.45) is 7.05 Å². The van der Waals surface area contributed by atoms with Crippen LogP contribution in [0, 0.1) is 12.7 Å². The first-order chi connectivity index (χ1) is 17.8. The number of ether oxygens (including phenoxy) is 1. The zero-order valence-corrected chi connectivity index (χ0v) is 22.1. The topological polar surface area (TPSA) is 79.7 Å². The minimum atomic E-state index is -0.330. The van der Waals surface area contributed by atoms with Crippen LogP contribution in [0.5, 0.6) is 0 Å². The Morgan fingerprint density at radius 1 is 1.19 bits per heavy atom. The number of hydrogen-bond donors (Lipinski definition) is 1. The maximum absolute atomic E-state index is 14.4. The number of piperidine rings is 1. The van der Waals surface area contributed by atoms with E-state index in [1.807, 2.05) is 27.0 Å². The van der Waals surface area contributed by atoms with Gasteiger partial charge in [0, 0.05) is 42.5 Å². The number of likely N-dealkylation sites (tertiary alicyclic amines) is 1. The number of alkyl carbamates (subject to hydrolysis) is 1. The quantitative estimate of drug-likeness (QED) is 0.619. The van der Waals surface area contributed by atoms with Gasteiger partial charge in [0.1, 0.15) is 5.82 Å². The van der Waals surface area contributed by atoms with E-state index >= 15 is 0 Å². The lowest BCUT2D eigenvalue weighted by Crippen LogP contribution is -2.50. The van der Waals surface area contributed by atoms with Crippen LogP contribution in [-0.2, 0) is 17.2 Å². The van der Waals surface area contributed by atoms with Gasteiger partial charge in [0.25, 0.3) is 5.91 Å². The summed E-state index contributed by atoms with van der Waals surface area (Å²) in [6.07, 6.45) is 6.65. The second kappa shape index (κ2) is 10.4. The fourth-order valence-corrected chi connectivity index (χ4v) is 6.51. The summed E-state index contributed by atoms with van der Waals surface area (Å²) in [5.41, 5.74) is 2.82. The number of anilines is 1. The zero-order valence-electron chi connectivity index (χ0n) is 22.1. The molecule has 37 heavy (non-hydrogen) atoms. The first kappa shape index (κ1) is 25.7. The van der Waals surface area contributed by atoms with Gasteiger partial charge in [0.2, 0.25) is 0 Å². The van der Waals surface area contributed by atoms with Crippen molar-refractivity contribution in [2.75, 3.05) is 31.1 Å². The van der Waals surface area contributed by atoms with Crippen molar-refractivity contribution in [3.63, 3.8) is 0 Å². The number of fused-ring (bicyclic) bond motifs is 2. The molecule has 2 amide bonds. The third-order valence-corrected chi connectivity index (χ3v) is 8.63. The number of aromatic nitrogens is 2. The summed E-state index contributed by atoms with van der Waals surface area (Å²) in [5, 5.41) is 7.46. The Kier molecular flexibility index (Phi) is 7.25. The Bertz CT molecular complexity index is 1140. The minimum absolute atomic E-state index is 0.124. The smallest absolute Gasteiger partial charge is 0.407 e. The highest BCUT2D eigenvalue weighted by atomic mass is 19.1. The van der Waals surface area contributed by atoms with E-state index in [2.05, 4.69) is 15.3 Å². The Labute approximate surface area is 218 Å². The molecule has 2 aromatic rings. The van der Waals surface area contributed by atoms with Crippen molar-refractivity contribution in [3.05, 3.63) is 47.0 Å². The molecule has 1 aromatic carbocycles. The normalized spacial score (nSPS) is 23.5. The molecule has 2 fully saturated rings. The average molecular weight is 512 g/mol. The van der Waals surface area contributed by atoms with Crippen LogP contribution < -0.4 is 10.2 Å². The molecule has 200 valence electrons. The molecule has 1 aliphatic carbocycles. The number of nitrogens with zero attached hydrogens (tertiary/aromatic N) is 4. The Morgan fingerprint density at radius 2 is 1.95 bits per heavy atom. The van der Waals surface area contributed by atoms with Gasteiger partial charge >= 0.3 is 6.09 Å². The Morgan fingerprint density at radius 3 is 2.65 bits per heavy atom. The van der Waals surface area contributed by atoms with Crippen LogP contribution in [-0.4, -0.2) is 65.0 Å². The first-order valence-electron chi connectivity index (χ1n) is 13.6. The van der Waals surface area contributed by atoms with Crippen molar-refractivity contribution in [3.8, 4) is 0 Å². The number of halogens is 1. The van der Waals surface area contributed by atoms with Crippen LogP contribution in [0.4, 0.5) is 14.9 Å². The van der Waals surface area contributed by atoms with E-state index in [1.165, 1.54) is 6.07 Å². The van der Waals surface area contributed by atoms with Gasteiger partial charge < -0.3 is 19.9 Å². The average Bonchev–Trinajstić information content (AvgIpc) is 3.25. The first-order valence-corrected chi connectivity index (χ1v) is 13.6. The fourth-order valence-electron chi connectivity index (χ4n) is 6.51. The van der Waals surface area contributed by atoms with E-state index < -0.39 is 0 Å². The molecule has 1 saturated heterocycles. The molecule has 5 rings (SSSR count). The monoisotopic (exact) mass is 511 g/mol. The standard InChI is InChI=1S/C28H38FN5O3/c1-4-37-27(36)30-21-7-5-6-8-22(17-21)33-13-11-28(12-14-33)18-34(25-10-9-20(29)16-23(25)28)26(35)24-15-19(2)32(3)31-24/h9-10,15-16,21-22H,4-8,11-14,17-18H2,1-3H3,(H,30,36). The molecule has 1 aromatic heterocycles. The number of amides is 2. The number of rotatable bonds is 4. The van der Waals surface area contributed by atoms with Crippen molar-refractivity contribution in [1.29, 1.82) is 0 Å². The molecular weight excluding hydrogens is 473 g/mol. The number of carbonyl (C=O) groups excluding carboxylic acids is 2. The molecule has 1 spiro atoms. The van der Waals surface area contributed by atoms with Crippen LogP contribution in [0.25, 0.3) is 0 Å². The third kappa shape index (κ3) is 5.10. The summed E-state index contributed by atoms with van der Waals surface area (Å²) < 4.78 is 21.3. The fraction of sp³-hybridized carbons (Fsp3) is 0.607. The molecule has 0 radical (unpaired) electrons. The van der Waals surface area contributed by atoms with Gasteiger partial charge in [-0.25, -0.2) is 9.18 Å². The number of hydrogen-bond acceptors (Lipinski definition) is 5. The molecule has 1 N–H and O–H groups in total. The van der Waals surface area contributed by atoms with Crippen LogP contribution in [0.1, 0.15) is 73.6 Å². The summed E-state index contributed by atoms with van der Waals surface area (Å²) in [5.74, 6) is -0.396. The van der Waals surface area contributed by atoms with Crippen molar-refractivity contribution < 1.29 is 18.7 Å². The second-order valence-corrected chi connectivity index (χ2v) is 10.9. The van der Waals surface area contributed by atoms with Crippen LogP contribution >= 0.6 is 0 Å². The van der Waals surface area contributed by atoms with E-state index in [0.29, 0.717) is 24.9 Å². The van der Waals surface area contributed by atoms with E-state index in [4.69, 9.17) is 4.74 Å². The summed E-state index contributed by atoms with van der Waals surface area (Å²) in [7, 11) is 1.83. The molecule has 3 aliphatic rings. The van der Waals surface area contributed by atoms with E-state index in [9.17, 15) is 14.0 Å². The number of aryl methyl sites for hydroxylation is 2. The van der Waals surface area contributed by atoms with E-state index in [0.717, 1.165) is 75.0 Å². The number of carbonyl (C=O) groups is 2. The molecule has 1 saturated carbocycles. The molecule has 8 nitrogen and oxygen atoms in total. The summed E-state index contributed by atoms with van der Waals surface area (Å²) >= 11 is 0. The zero-order chi connectivity index (χ0) is 26.2. The molecule has 2 aliphatic heterocycles. The Balaban J connectivity index is 1.31. The molecule has 2 atom stereocenters. The lowest BCUT2D eigenvalue weighted by atomic mass is 9.74. The largest absolute Gasteiger partial charge is 0.450 e. The highest BCUT2D eigenvalue weighted by Gasteiger charge is 2.47. The minimum Gasteiger partial charge on any atom is -0.450 e. The van der Waals surface area contributed by atoms with Gasteiger partial charge in [-0.1, -0.05) is 12.8 Å². The van der Waals surface area contributed by atoms with Crippen molar-refractivity contribution in [2.45, 2.75) is 76.3 Å². The van der Waals surface area contributed by atoms with E-state index in [-0.39, 0.29) is 29.3 Å². The van der Waals surface area contributed by atoms with Gasteiger partial charge in [0.15, 0.2) is 5.69 Å². The number of nitrogens with one attached hydrogen (secondary N) is 1. The van der Waals surface area contributed by atoms with Crippen LogP contribution in [0.15, 0.2) is 24.3 Å². The van der Waals surface area contributed by atoms with Gasteiger partial charge in [-0.05, 0) is 88.9 Å². The Hall–Kier alpha value is -2.94. The van der Waals surface area contributed by atoms with E-state index in [1.54, 1.807) is 21.7 Å². The van der Waals surface area contributed by atoms with Crippen LogP contribution in [0.3, 0.4) is 0 Å². The molecule has 0 bridgehead atoms. The molecule has 9 heteroatoms. The highest BCUT2D eigenvalue weighted by Crippen LogP contribution is 2.48. The van der Waals surface area contributed by atoms with Crippen LogP contribution in [0.2, 0.25) is 0 Å². The van der Waals surface area contributed by atoms with Gasteiger partial charge in [-0.2, -0.15) is 5.10 Å². The predicted octanol–water partition coefficient (Wildman–Crippen LogP) is 4.31. The summed E-state index contributed by atoms with van der Waals surface area (Å²) in [6, 6.07) is 7.15. The third-order valence-electron chi connectivity index (χ3n) is 8.63. The van der Waals surface area contributed by atoms with Gasteiger partial charge in [-0.3, -0.25) is 9.48 Å². The summed E-state index contributed by atoms with van der Waals surface area (Å²) in [6.45, 7) is 6.44. The lowest BCUT2D eigenvalue weighted by molar-refractivity contribution is 0.0930.